The average Bonchev–Trinajstić information content (AvgIpc) is 2.48. The second kappa shape index (κ2) is 6.51. The molecule has 0 aromatic heterocycles. The molecule has 1 atom stereocenters. The Kier molecular flexibility index (Phi) is 4.72. The van der Waals surface area contributed by atoms with Gasteiger partial charge in [-0.1, -0.05) is 18.2 Å². The van der Waals surface area contributed by atoms with Crippen LogP contribution in [-0.2, 0) is 6.54 Å². The van der Waals surface area contributed by atoms with Crippen molar-refractivity contribution in [3.8, 4) is 6.07 Å². The Hall–Kier alpha value is -2.18. The minimum Gasteiger partial charge on any atom is -0.306 e. The van der Waals surface area contributed by atoms with Gasteiger partial charge in [-0.15, -0.1) is 0 Å². The van der Waals surface area contributed by atoms with Gasteiger partial charge in [0.1, 0.15) is 5.82 Å². The molecule has 0 saturated heterocycles. The van der Waals surface area contributed by atoms with Crippen LogP contribution in [-0.4, -0.2) is 0 Å². The fourth-order valence-corrected chi connectivity index (χ4v) is 2.22. The lowest BCUT2D eigenvalue weighted by Crippen LogP contribution is -2.18. The molecule has 0 aliphatic rings. The second-order valence-corrected chi connectivity index (χ2v) is 5.36. The highest BCUT2D eigenvalue weighted by atomic mass is 19.1. The van der Waals surface area contributed by atoms with Crippen molar-refractivity contribution in [1.82, 2.24) is 5.32 Å². The first-order chi connectivity index (χ1) is 10.0. The van der Waals surface area contributed by atoms with Crippen molar-refractivity contribution in [2.24, 2.45) is 0 Å². The van der Waals surface area contributed by atoms with Crippen molar-refractivity contribution in [2.75, 3.05) is 0 Å². The van der Waals surface area contributed by atoms with Crippen molar-refractivity contribution < 1.29 is 4.39 Å². The van der Waals surface area contributed by atoms with E-state index in [0.29, 0.717) is 17.7 Å². The number of hydrogen-bond donors (Lipinski definition) is 1. The molecule has 0 amide bonds. The van der Waals surface area contributed by atoms with Crippen LogP contribution >= 0.6 is 0 Å². The van der Waals surface area contributed by atoms with E-state index >= 15 is 0 Å². The van der Waals surface area contributed by atoms with Gasteiger partial charge in [0.15, 0.2) is 0 Å². The number of halogens is 1. The molecule has 0 fully saturated rings. The number of nitrogens with one attached hydrogen (secondary N) is 1. The smallest absolute Gasteiger partial charge is 0.126 e. The van der Waals surface area contributed by atoms with Crippen LogP contribution in [0.2, 0.25) is 0 Å². The molecule has 108 valence electrons. The predicted molar refractivity (Wildman–Crippen MR) is 82.3 cm³/mol. The number of nitriles is 1. The molecular formula is C18H19FN2. The summed E-state index contributed by atoms with van der Waals surface area (Å²) in [5, 5.41) is 12.3. The topological polar surface area (TPSA) is 35.8 Å². The lowest BCUT2D eigenvalue weighted by atomic mass is 10.0. The molecule has 0 aliphatic carbocycles. The second-order valence-electron chi connectivity index (χ2n) is 5.36. The van der Waals surface area contributed by atoms with Crippen LogP contribution in [0.5, 0.6) is 0 Å². The van der Waals surface area contributed by atoms with Crippen LogP contribution in [0.1, 0.15) is 40.8 Å². The van der Waals surface area contributed by atoms with E-state index in [9.17, 15) is 4.39 Å². The van der Waals surface area contributed by atoms with Crippen LogP contribution in [0.15, 0.2) is 36.4 Å². The largest absolute Gasteiger partial charge is 0.306 e. The Morgan fingerprint density at radius 2 is 1.90 bits per heavy atom. The number of rotatable bonds is 4. The van der Waals surface area contributed by atoms with Crippen LogP contribution in [0, 0.1) is 31.0 Å². The van der Waals surface area contributed by atoms with Gasteiger partial charge in [0.25, 0.3) is 0 Å². The van der Waals surface area contributed by atoms with Gasteiger partial charge in [-0.3, -0.25) is 0 Å². The first-order valence-corrected chi connectivity index (χ1v) is 7.00. The van der Waals surface area contributed by atoms with E-state index in [1.54, 1.807) is 19.1 Å². The molecule has 0 saturated carbocycles. The Bertz CT molecular complexity index is 686. The van der Waals surface area contributed by atoms with Gasteiger partial charge in [-0.05, 0) is 61.2 Å². The van der Waals surface area contributed by atoms with E-state index in [4.69, 9.17) is 5.26 Å². The third-order valence-electron chi connectivity index (χ3n) is 3.77. The van der Waals surface area contributed by atoms with Crippen LogP contribution in [0.25, 0.3) is 0 Å². The number of aryl methyl sites for hydroxylation is 2. The van der Waals surface area contributed by atoms with E-state index in [1.807, 2.05) is 38.1 Å². The fourth-order valence-electron chi connectivity index (χ4n) is 2.22. The molecule has 0 spiro atoms. The summed E-state index contributed by atoms with van der Waals surface area (Å²) in [6.45, 7) is 6.46. The molecule has 0 aliphatic heterocycles. The molecule has 0 radical (unpaired) electrons. The molecule has 1 N–H and O–H groups in total. The van der Waals surface area contributed by atoms with Gasteiger partial charge in [-0.25, -0.2) is 4.39 Å². The number of hydrogen-bond acceptors (Lipinski definition) is 2. The van der Waals surface area contributed by atoms with Crippen molar-refractivity contribution in [1.29, 1.82) is 5.26 Å². The molecule has 0 heterocycles. The van der Waals surface area contributed by atoms with Crippen LogP contribution in [0.3, 0.4) is 0 Å². The van der Waals surface area contributed by atoms with E-state index < -0.39 is 0 Å². The van der Waals surface area contributed by atoms with Gasteiger partial charge >= 0.3 is 0 Å². The van der Waals surface area contributed by atoms with Crippen molar-refractivity contribution in [2.45, 2.75) is 33.4 Å². The van der Waals surface area contributed by atoms with Crippen LogP contribution < -0.4 is 5.32 Å². The van der Waals surface area contributed by atoms with E-state index in [1.165, 1.54) is 0 Å². The summed E-state index contributed by atoms with van der Waals surface area (Å²) in [6.07, 6.45) is 0. The monoisotopic (exact) mass is 282 g/mol. The maximum Gasteiger partial charge on any atom is 0.126 e. The lowest BCUT2D eigenvalue weighted by molar-refractivity contribution is 0.562. The maximum atomic E-state index is 13.6. The summed E-state index contributed by atoms with van der Waals surface area (Å²) in [5.74, 6) is -0.171. The van der Waals surface area contributed by atoms with Crippen molar-refractivity contribution in [3.05, 3.63) is 70.0 Å². The molecule has 21 heavy (non-hydrogen) atoms. The predicted octanol–water partition coefficient (Wildman–Crippen LogP) is 4.17. The molecule has 2 aromatic rings. The highest BCUT2D eigenvalue weighted by Crippen LogP contribution is 2.18. The molecule has 3 heteroatoms. The Morgan fingerprint density at radius 3 is 2.52 bits per heavy atom. The van der Waals surface area contributed by atoms with Crippen molar-refractivity contribution >= 4 is 0 Å². The molecule has 2 rings (SSSR count). The first-order valence-electron chi connectivity index (χ1n) is 7.00. The Labute approximate surface area is 125 Å². The zero-order valence-corrected chi connectivity index (χ0v) is 12.6. The van der Waals surface area contributed by atoms with Gasteiger partial charge in [-0.2, -0.15) is 5.26 Å². The third-order valence-corrected chi connectivity index (χ3v) is 3.77. The van der Waals surface area contributed by atoms with Crippen molar-refractivity contribution in [3.63, 3.8) is 0 Å². The van der Waals surface area contributed by atoms with Gasteiger partial charge in [0.2, 0.25) is 0 Å². The maximum absolute atomic E-state index is 13.6. The highest BCUT2D eigenvalue weighted by Gasteiger charge is 2.08. The van der Waals surface area contributed by atoms with E-state index in [2.05, 4.69) is 11.4 Å². The quantitative estimate of drug-likeness (QED) is 0.913. The summed E-state index contributed by atoms with van der Waals surface area (Å²) in [6, 6.07) is 13.2. The summed E-state index contributed by atoms with van der Waals surface area (Å²) in [4.78, 5) is 0. The van der Waals surface area contributed by atoms with Crippen LogP contribution in [0.4, 0.5) is 4.39 Å². The summed E-state index contributed by atoms with van der Waals surface area (Å²) in [5.41, 5.74) is 4.50. The Morgan fingerprint density at radius 1 is 1.14 bits per heavy atom. The van der Waals surface area contributed by atoms with Gasteiger partial charge < -0.3 is 5.32 Å². The van der Waals surface area contributed by atoms with Gasteiger partial charge in [0.05, 0.1) is 11.6 Å². The standard InChI is InChI=1S/C18H19FN2/c1-12-4-6-16(9-18(12)19)14(3)21-11-17-7-5-15(10-20)8-13(17)2/h4-9,14,21H,11H2,1-3H3. The first kappa shape index (κ1) is 15.2. The third kappa shape index (κ3) is 3.68. The average molecular weight is 282 g/mol. The fraction of sp³-hybridized carbons (Fsp3) is 0.278. The Balaban J connectivity index is 2.05. The van der Waals surface area contributed by atoms with E-state index in [-0.39, 0.29) is 11.9 Å². The zero-order valence-electron chi connectivity index (χ0n) is 12.6. The highest BCUT2D eigenvalue weighted by molar-refractivity contribution is 5.37. The minimum atomic E-state index is -0.171. The summed E-state index contributed by atoms with van der Waals surface area (Å²) in [7, 11) is 0. The molecule has 2 aromatic carbocycles. The lowest BCUT2D eigenvalue weighted by Gasteiger charge is -2.16. The molecular weight excluding hydrogens is 263 g/mol. The molecule has 1 unspecified atom stereocenters. The summed E-state index contributed by atoms with van der Waals surface area (Å²) < 4.78 is 13.6. The number of nitrogens with zero attached hydrogens (tertiary/aromatic N) is 1. The summed E-state index contributed by atoms with van der Waals surface area (Å²) >= 11 is 0. The zero-order chi connectivity index (χ0) is 15.4. The number of benzene rings is 2. The minimum absolute atomic E-state index is 0.0649. The normalized spacial score (nSPS) is 12.0. The van der Waals surface area contributed by atoms with Gasteiger partial charge in [0, 0.05) is 12.6 Å². The molecule has 0 bridgehead atoms. The molecule has 2 nitrogen and oxygen atoms in total. The SMILES string of the molecule is Cc1ccc(C(C)NCc2ccc(C#N)cc2C)cc1F. The van der Waals surface area contributed by atoms with E-state index in [0.717, 1.165) is 16.7 Å².